The third-order valence-electron chi connectivity index (χ3n) is 2.49. The molecule has 0 spiro atoms. The van der Waals surface area contributed by atoms with Crippen LogP contribution in [0.3, 0.4) is 0 Å². The minimum absolute atomic E-state index is 0.0702. The van der Waals surface area contributed by atoms with Gasteiger partial charge in [0.25, 0.3) is 0 Å². The summed E-state index contributed by atoms with van der Waals surface area (Å²) in [5.41, 5.74) is 0. The number of hydrogen-bond donors (Lipinski definition) is 2. The van der Waals surface area contributed by atoms with Gasteiger partial charge in [0.05, 0.1) is 6.54 Å². The number of carboxylic acids is 1. The van der Waals surface area contributed by atoms with E-state index in [4.69, 9.17) is 16.7 Å². The van der Waals surface area contributed by atoms with Crippen molar-refractivity contribution in [3.63, 3.8) is 0 Å². The number of carboxylic acid groups (broad SMARTS) is 1. The van der Waals surface area contributed by atoms with Crippen LogP contribution in [0.1, 0.15) is 25.7 Å². The number of aliphatic carboxylic acids is 1. The Balaban J connectivity index is 2.05. The molecule has 1 saturated carbocycles. The van der Waals surface area contributed by atoms with Crippen molar-refractivity contribution in [1.29, 1.82) is 0 Å². The minimum Gasteiger partial charge on any atom is -0.480 e. The van der Waals surface area contributed by atoms with Crippen LogP contribution in [-0.2, 0) is 4.79 Å². The zero-order valence-corrected chi connectivity index (χ0v) is 8.39. The van der Waals surface area contributed by atoms with Gasteiger partial charge in [-0.05, 0) is 38.1 Å². The molecule has 76 valence electrons. The molecule has 1 aliphatic carbocycles. The van der Waals surface area contributed by atoms with E-state index in [0.717, 1.165) is 32.2 Å². The summed E-state index contributed by atoms with van der Waals surface area (Å²) in [4.78, 5) is 10.2. The molecule has 0 unspecified atom stereocenters. The molecule has 4 heteroatoms. The van der Waals surface area contributed by atoms with Crippen LogP contribution in [0.5, 0.6) is 0 Å². The zero-order chi connectivity index (χ0) is 9.68. The van der Waals surface area contributed by atoms with Crippen molar-refractivity contribution in [3.8, 4) is 0 Å². The Labute approximate surface area is 83.5 Å². The highest BCUT2D eigenvalue weighted by molar-refractivity contribution is 6.20. The lowest BCUT2D eigenvalue weighted by Gasteiger charge is -2.24. The summed E-state index contributed by atoms with van der Waals surface area (Å²) in [6, 6.07) is 0. The van der Waals surface area contributed by atoms with E-state index < -0.39 is 5.97 Å². The summed E-state index contributed by atoms with van der Waals surface area (Å²) in [6.07, 6.45) is 4.39. The van der Waals surface area contributed by atoms with Gasteiger partial charge in [-0.3, -0.25) is 4.79 Å². The molecule has 0 saturated heterocycles. The predicted octanol–water partition coefficient (Wildman–Crippen LogP) is 1.46. The topological polar surface area (TPSA) is 49.3 Å². The molecule has 0 atom stereocenters. The van der Waals surface area contributed by atoms with Gasteiger partial charge in [-0.2, -0.15) is 0 Å². The average molecular weight is 206 g/mol. The Hall–Kier alpha value is -0.280. The first-order chi connectivity index (χ1) is 6.18. The van der Waals surface area contributed by atoms with Crippen LogP contribution in [0, 0.1) is 5.92 Å². The third-order valence-corrected chi connectivity index (χ3v) is 2.92. The van der Waals surface area contributed by atoms with Crippen molar-refractivity contribution in [2.24, 2.45) is 5.92 Å². The number of hydrogen-bond acceptors (Lipinski definition) is 2. The quantitative estimate of drug-likeness (QED) is 0.684. The van der Waals surface area contributed by atoms with Gasteiger partial charge in [-0.15, -0.1) is 11.6 Å². The van der Waals surface area contributed by atoms with Crippen LogP contribution in [0.2, 0.25) is 0 Å². The fraction of sp³-hybridized carbons (Fsp3) is 0.889. The molecule has 0 amide bonds. The number of carbonyl (C=O) groups is 1. The molecule has 3 nitrogen and oxygen atoms in total. The van der Waals surface area contributed by atoms with Gasteiger partial charge in [-0.1, -0.05) is 0 Å². The highest BCUT2D eigenvalue weighted by atomic mass is 35.5. The van der Waals surface area contributed by atoms with Gasteiger partial charge >= 0.3 is 5.97 Å². The summed E-state index contributed by atoms with van der Waals surface area (Å²) < 4.78 is 0. The SMILES string of the molecule is O=C(O)CNCC1CCC(Cl)CC1. The second-order valence-corrected chi connectivity index (χ2v) is 4.26. The molecular weight excluding hydrogens is 190 g/mol. The van der Waals surface area contributed by atoms with Crippen LogP contribution < -0.4 is 5.32 Å². The third kappa shape index (κ3) is 4.48. The van der Waals surface area contributed by atoms with Crippen LogP contribution >= 0.6 is 11.6 Å². The summed E-state index contributed by atoms with van der Waals surface area (Å²) in [7, 11) is 0. The van der Waals surface area contributed by atoms with Gasteiger partial charge in [-0.25, -0.2) is 0 Å². The van der Waals surface area contributed by atoms with Crippen molar-refractivity contribution in [3.05, 3.63) is 0 Å². The van der Waals surface area contributed by atoms with Crippen molar-refractivity contribution in [2.45, 2.75) is 31.1 Å². The lowest BCUT2D eigenvalue weighted by atomic mass is 9.89. The van der Waals surface area contributed by atoms with Gasteiger partial charge in [0, 0.05) is 5.38 Å². The Bertz CT molecular complexity index is 167. The first kappa shape index (κ1) is 10.8. The number of rotatable bonds is 4. The van der Waals surface area contributed by atoms with Crippen LogP contribution in [0.15, 0.2) is 0 Å². The van der Waals surface area contributed by atoms with E-state index in [9.17, 15) is 4.79 Å². The maximum Gasteiger partial charge on any atom is 0.317 e. The van der Waals surface area contributed by atoms with E-state index in [1.165, 1.54) is 0 Å². The summed E-state index contributed by atoms with van der Waals surface area (Å²) in [6.45, 7) is 0.886. The van der Waals surface area contributed by atoms with Crippen molar-refractivity contribution in [1.82, 2.24) is 5.32 Å². The molecule has 0 heterocycles. The van der Waals surface area contributed by atoms with Crippen LogP contribution in [0.4, 0.5) is 0 Å². The first-order valence-corrected chi connectivity index (χ1v) is 5.18. The molecule has 0 aliphatic heterocycles. The standard InChI is InChI=1S/C9H16ClNO2/c10-8-3-1-7(2-4-8)5-11-6-9(12)13/h7-8,11H,1-6H2,(H,12,13). The van der Waals surface area contributed by atoms with Gasteiger partial charge in [0.2, 0.25) is 0 Å². The van der Waals surface area contributed by atoms with Gasteiger partial charge in [0.15, 0.2) is 0 Å². The smallest absolute Gasteiger partial charge is 0.317 e. The molecule has 0 aromatic carbocycles. The van der Waals surface area contributed by atoms with E-state index >= 15 is 0 Å². The Kier molecular flexibility index (Phi) is 4.53. The maximum atomic E-state index is 10.2. The van der Waals surface area contributed by atoms with Crippen LogP contribution in [0.25, 0.3) is 0 Å². The predicted molar refractivity (Wildman–Crippen MR) is 52.1 cm³/mol. The van der Waals surface area contributed by atoms with Gasteiger partial charge in [0.1, 0.15) is 0 Å². The second-order valence-electron chi connectivity index (χ2n) is 3.64. The van der Waals surface area contributed by atoms with E-state index in [-0.39, 0.29) is 6.54 Å². The molecule has 0 aromatic rings. The largest absolute Gasteiger partial charge is 0.480 e. The molecule has 0 bridgehead atoms. The molecule has 2 N–H and O–H groups in total. The highest BCUT2D eigenvalue weighted by Gasteiger charge is 2.18. The molecule has 13 heavy (non-hydrogen) atoms. The van der Waals surface area contributed by atoms with Crippen molar-refractivity contribution >= 4 is 17.6 Å². The van der Waals surface area contributed by atoms with Crippen molar-refractivity contribution < 1.29 is 9.90 Å². The number of alkyl halides is 1. The molecule has 1 fully saturated rings. The number of halogens is 1. The summed E-state index contributed by atoms with van der Waals surface area (Å²) in [5, 5.41) is 11.7. The van der Waals surface area contributed by atoms with Crippen molar-refractivity contribution in [2.75, 3.05) is 13.1 Å². The Morgan fingerprint density at radius 3 is 2.54 bits per heavy atom. The normalized spacial score (nSPS) is 28.7. The molecular formula is C9H16ClNO2. The highest BCUT2D eigenvalue weighted by Crippen LogP contribution is 2.26. The molecule has 0 radical (unpaired) electrons. The van der Waals surface area contributed by atoms with E-state index in [1.807, 2.05) is 0 Å². The second kappa shape index (κ2) is 5.45. The lowest BCUT2D eigenvalue weighted by Crippen LogP contribution is -2.30. The Morgan fingerprint density at radius 1 is 1.38 bits per heavy atom. The molecule has 0 aromatic heterocycles. The lowest BCUT2D eigenvalue weighted by molar-refractivity contribution is -0.136. The number of nitrogens with one attached hydrogen (secondary N) is 1. The monoisotopic (exact) mass is 205 g/mol. The van der Waals surface area contributed by atoms with E-state index in [2.05, 4.69) is 5.32 Å². The van der Waals surface area contributed by atoms with Crippen LogP contribution in [-0.4, -0.2) is 29.5 Å². The van der Waals surface area contributed by atoms with E-state index in [0.29, 0.717) is 11.3 Å². The average Bonchev–Trinajstić information content (AvgIpc) is 2.08. The Morgan fingerprint density at radius 2 is 2.00 bits per heavy atom. The zero-order valence-electron chi connectivity index (χ0n) is 7.63. The fourth-order valence-electron chi connectivity index (χ4n) is 1.71. The first-order valence-electron chi connectivity index (χ1n) is 4.75. The molecule has 1 aliphatic rings. The maximum absolute atomic E-state index is 10.2. The summed E-state index contributed by atoms with van der Waals surface area (Å²) in [5.74, 6) is -0.166. The van der Waals surface area contributed by atoms with E-state index in [1.54, 1.807) is 0 Å². The minimum atomic E-state index is -0.786. The molecule has 1 rings (SSSR count). The van der Waals surface area contributed by atoms with Gasteiger partial charge < -0.3 is 10.4 Å². The fourth-order valence-corrected chi connectivity index (χ4v) is 1.96. The summed E-state index contributed by atoms with van der Waals surface area (Å²) >= 11 is 5.95.